The second kappa shape index (κ2) is 6.53. The van der Waals surface area contributed by atoms with Gasteiger partial charge in [0.15, 0.2) is 5.78 Å². The fourth-order valence-corrected chi connectivity index (χ4v) is 2.51. The van der Waals surface area contributed by atoms with Gasteiger partial charge in [-0.2, -0.15) is 0 Å². The van der Waals surface area contributed by atoms with Crippen LogP contribution in [0.5, 0.6) is 0 Å². The Bertz CT molecular complexity index is 443. The van der Waals surface area contributed by atoms with Gasteiger partial charge in [-0.1, -0.05) is 37.6 Å². The fourth-order valence-electron chi connectivity index (χ4n) is 2.51. The van der Waals surface area contributed by atoms with Crippen LogP contribution in [0.3, 0.4) is 0 Å². The molecule has 96 valence electrons. The van der Waals surface area contributed by atoms with E-state index in [0.717, 1.165) is 37.7 Å². The summed E-state index contributed by atoms with van der Waals surface area (Å²) < 4.78 is 0. The highest BCUT2D eigenvalue weighted by molar-refractivity contribution is 6.00. The van der Waals surface area contributed by atoms with Gasteiger partial charge < -0.3 is 0 Å². The number of unbranched alkanes of at least 4 members (excludes halogenated alkanes) is 1. The topological polar surface area (TPSA) is 17.1 Å². The van der Waals surface area contributed by atoms with Gasteiger partial charge in [0.1, 0.15) is 0 Å². The summed E-state index contributed by atoms with van der Waals surface area (Å²) in [7, 11) is 0. The Labute approximate surface area is 110 Å². The van der Waals surface area contributed by atoms with Crippen molar-refractivity contribution in [3.8, 4) is 0 Å². The quantitative estimate of drug-likeness (QED) is 0.708. The van der Waals surface area contributed by atoms with E-state index in [0.29, 0.717) is 5.78 Å². The van der Waals surface area contributed by atoms with Crippen molar-refractivity contribution in [2.75, 3.05) is 0 Å². The normalized spacial score (nSPS) is 18.3. The van der Waals surface area contributed by atoms with E-state index in [4.69, 9.17) is 0 Å². The van der Waals surface area contributed by atoms with Crippen LogP contribution in [0.25, 0.3) is 6.08 Å². The van der Waals surface area contributed by atoms with Gasteiger partial charge in [-0.3, -0.25) is 4.79 Å². The number of hydrogen-bond donors (Lipinski definition) is 0. The second-order valence-corrected chi connectivity index (χ2v) is 5.10. The van der Waals surface area contributed by atoms with E-state index < -0.39 is 0 Å². The highest BCUT2D eigenvalue weighted by Gasteiger charge is 2.14. The third-order valence-electron chi connectivity index (χ3n) is 3.64. The van der Waals surface area contributed by atoms with Crippen molar-refractivity contribution in [1.29, 1.82) is 0 Å². The van der Waals surface area contributed by atoms with Gasteiger partial charge >= 0.3 is 0 Å². The lowest BCUT2D eigenvalue weighted by molar-refractivity contribution is -0.116. The van der Waals surface area contributed by atoms with Gasteiger partial charge in [0.2, 0.25) is 0 Å². The van der Waals surface area contributed by atoms with E-state index >= 15 is 0 Å². The number of rotatable bonds is 4. The monoisotopic (exact) mass is 242 g/mol. The molecule has 0 aliphatic heterocycles. The maximum absolute atomic E-state index is 11.9. The predicted molar refractivity (Wildman–Crippen MR) is 76.5 cm³/mol. The Balaban J connectivity index is 2.21. The fraction of sp³-hybridized carbons (Fsp3) is 0.471. The second-order valence-electron chi connectivity index (χ2n) is 5.10. The first-order chi connectivity index (χ1) is 8.81. The summed E-state index contributed by atoms with van der Waals surface area (Å²) in [4.78, 5) is 11.9. The minimum Gasteiger partial charge on any atom is -0.295 e. The number of hydrogen-bond acceptors (Lipinski definition) is 1. The molecule has 1 aromatic rings. The van der Waals surface area contributed by atoms with Crippen LogP contribution < -0.4 is 0 Å². The number of carbonyl (C=O) groups is 1. The Hall–Kier alpha value is -1.37. The van der Waals surface area contributed by atoms with E-state index in [1.807, 2.05) is 0 Å². The van der Waals surface area contributed by atoms with Crippen molar-refractivity contribution < 1.29 is 4.79 Å². The molecule has 1 aliphatic rings. The predicted octanol–water partition coefficient (Wildman–Crippen LogP) is 4.56. The maximum atomic E-state index is 11.9. The molecule has 0 heterocycles. The number of aryl methyl sites for hydroxylation is 1. The molecule has 2 rings (SSSR count). The minimum absolute atomic E-state index is 0.353. The molecule has 1 saturated carbocycles. The maximum Gasteiger partial charge on any atom is 0.158 e. The lowest BCUT2D eigenvalue weighted by Gasteiger charge is -2.13. The van der Waals surface area contributed by atoms with Crippen molar-refractivity contribution in [1.82, 2.24) is 0 Å². The molecule has 18 heavy (non-hydrogen) atoms. The third-order valence-corrected chi connectivity index (χ3v) is 3.64. The van der Waals surface area contributed by atoms with Gasteiger partial charge in [-0.25, -0.2) is 0 Å². The van der Waals surface area contributed by atoms with Gasteiger partial charge in [-0.15, -0.1) is 0 Å². The summed E-state index contributed by atoms with van der Waals surface area (Å²) in [5.74, 6) is 0.353. The summed E-state index contributed by atoms with van der Waals surface area (Å²) in [6, 6.07) is 8.49. The van der Waals surface area contributed by atoms with Crippen LogP contribution in [-0.4, -0.2) is 5.78 Å². The van der Waals surface area contributed by atoms with Crippen molar-refractivity contribution >= 4 is 11.9 Å². The molecule has 1 aromatic carbocycles. The number of Topliss-reactive ketones (excluding diaryl/α,β-unsaturated/α-hetero) is 1. The lowest BCUT2D eigenvalue weighted by Crippen LogP contribution is -2.08. The number of carbonyl (C=O) groups excluding carboxylic acids is 1. The van der Waals surface area contributed by atoms with E-state index in [1.165, 1.54) is 24.0 Å². The summed E-state index contributed by atoms with van der Waals surface area (Å²) in [6.07, 6.45) is 9.60. The van der Waals surface area contributed by atoms with Crippen LogP contribution in [0.1, 0.15) is 56.6 Å². The Morgan fingerprint density at radius 3 is 2.72 bits per heavy atom. The molecule has 0 atom stereocenters. The summed E-state index contributed by atoms with van der Waals surface area (Å²) in [6.45, 7) is 2.21. The highest BCUT2D eigenvalue weighted by Crippen LogP contribution is 2.24. The van der Waals surface area contributed by atoms with Crippen LogP contribution in [0.15, 0.2) is 29.8 Å². The molecule has 0 unspecified atom stereocenters. The molecule has 0 saturated heterocycles. The first kappa shape index (κ1) is 13.1. The third kappa shape index (κ3) is 3.32. The van der Waals surface area contributed by atoms with E-state index in [2.05, 4.69) is 37.3 Å². The molecule has 0 bridgehead atoms. The van der Waals surface area contributed by atoms with Crippen LogP contribution >= 0.6 is 0 Å². The molecule has 0 radical (unpaired) electrons. The molecule has 0 spiro atoms. The number of ketones is 1. The van der Waals surface area contributed by atoms with Crippen molar-refractivity contribution in [2.45, 2.75) is 51.9 Å². The summed E-state index contributed by atoms with van der Waals surface area (Å²) in [5.41, 5.74) is 3.66. The molecule has 1 heteroatoms. The average Bonchev–Trinajstić information content (AvgIpc) is 2.40. The zero-order valence-corrected chi connectivity index (χ0v) is 11.2. The van der Waals surface area contributed by atoms with Crippen molar-refractivity contribution in [3.63, 3.8) is 0 Å². The van der Waals surface area contributed by atoms with Gasteiger partial charge in [0.25, 0.3) is 0 Å². The lowest BCUT2D eigenvalue weighted by atomic mass is 9.90. The van der Waals surface area contributed by atoms with Crippen molar-refractivity contribution in [3.05, 3.63) is 41.0 Å². The van der Waals surface area contributed by atoms with Crippen LogP contribution in [-0.2, 0) is 11.2 Å². The van der Waals surface area contributed by atoms with Gasteiger partial charge in [0, 0.05) is 6.42 Å². The minimum atomic E-state index is 0.353. The Kier molecular flexibility index (Phi) is 4.74. The molecule has 1 aliphatic carbocycles. The molecule has 0 amide bonds. The van der Waals surface area contributed by atoms with Gasteiger partial charge in [-0.05, 0) is 54.9 Å². The molecule has 1 fully saturated rings. The summed E-state index contributed by atoms with van der Waals surface area (Å²) >= 11 is 0. The Morgan fingerprint density at radius 1 is 1.17 bits per heavy atom. The summed E-state index contributed by atoms with van der Waals surface area (Å²) in [5, 5.41) is 0. The SMILES string of the molecule is CCCCc1ccccc1C=C1CCCCC1=O. The standard InChI is InChI=1S/C17H22O/c1-2-3-8-14-9-4-5-10-15(14)13-16-11-6-7-12-17(16)18/h4-5,9-10,13H,2-3,6-8,11-12H2,1H3. The molecular weight excluding hydrogens is 220 g/mol. The average molecular weight is 242 g/mol. The molecule has 1 nitrogen and oxygen atoms in total. The Morgan fingerprint density at radius 2 is 1.94 bits per heavy atom. The number of allylic oxidation sites excluding steroid dienone is 1. The zero-order valence-electron chi connectivity index (χ0n) is 11.2. The first-order valence-electron chi connectivity index (χ1n) is 7.13. The van der Waals surface area contributed by atoms with Crippen LogP contribution in [0.4, 0.5) is 0 Å². The smallest absolute Gasteiger partial charge is 0.158 e. The first-order valence-corrected chi connectivity index (χ1v) is 7.13. The van der Waals surface area contributed by atoms with Crippen LogP contribution in [0.2, 0.25) is 0 Å². The van der Waals surface area contributed by atoms with E-state index in [1.54, 1.807) is 0 Å². The van der Waals surface area contributed by atoms with E-state index in [9.17, 15) is 4.79 Å². The highest BCUT2D eigenvalue weighted by atomic mass is 16.1. The molecule has 0 N–H and O–H groups in total. The molecule has 0 aromatic heterocycles. The zero-order chi connectivity index (χ0) is 12.8. The largest absolute Gasteiger partial charge is 0.295 e. The van der Waals surface area contributed by atoms with Crippen LogP contribution in [0, 0.1) is 0 Å². The van der Waals surface area contributed by atoms with Crippen molar-refractivity contribution in [2.24, 2.45) is 0 Å². The number of benzene rings is 1. The molecular formula is C17H22O. The van der Waals surface area contributed by atoms with Gasteiger partial charge in [0.05, 0.1) is 0 Å². The van der Waals surface area contributed by atoms with E-state index in [-0.39, 0.29) is 0 Å².